The monoisotopic (exact) mass is 350 g/mol. The van der Waals surface area contributed by atoms with Gasteiger partial charge in [0.25, 0.3) is 6.43 Å². The van der Waals surface area contributed by atoms with Crippen LogP contribution in [0.2, 0.25) is 0 Å². The van der Waals surface area contributed by atoms with Crippen LogP contribution in [-0.2, 0) is 16.6 Å². The van der Waals surface area contributed by atoms with Gasteiger partial charge in [0.2, 0.25) is 10.0 Å². The van der Waals surface area contributed by atoms with Crippen molar-refractivity contribution in [2.24, 2.45) is 0 Å². The van der Waals surface area contributed by atoms with E-state index in [0.717, 1.165) is 0 Å². The van der Waals surface area contributed by atoms with E-state index in [1.54, 1.807) is 0 Å². The fourth-order valence-electron chi connectivity index (χ4n) is 1.48. The number of hydrogen-bond donors (Lipinski definition) is 2. The number of aromatic carboxylic acids is 1. The summed E-state index contributed by atoms with van der Waals surface area (Å²) < 4.78 is 86.9. The van der Waals surface area contributed by atoms with Crippen LogP contribution >= 0.6 is 0 Å². The Morgan fingerprint density at radius 2 is 1.95 bits per heavy atom. The van der Waals surface area contributed by atoms with E-state index >= 15 is 0 Å². The van der Waals surface area contributed by atoms with E-state index < -0.39 is 51.8 Å². The molecule has 1 aromatic rings. The third kappa shape index (κ3) is 4.40. The number of aromatic nitrogens is 1. The summed E-state index contributed by atoms with van der Waals surface area (Å²) in [5.74, 6) is -1.69. The van der Waals surface area contributed by atoms with E-state index in [2.05, 4.69) is 0 Å². The molecule has 0 saturated heterocycles. The molecule has 0 bridgehead atoms. The third-order valence-corrected chi connectivity index (χ3v) is 4.07. The Kier molecular flexibility index (Phi) is 5.18. The van der Waals surface area contributed by atoms with Crippen molar-refractivity contribution in [3.05, 3.63) is 18.0 Å². The van der Waals surface area contributed by atoms with Gasteiger partial charge in [-0.15, -0.1) is 0 Å². The first-order chi connectivity index (χ1) is 9.84. The molecule has 12 heteroatoms. The zero-order chi connectivity index (χ0) is 17.3. The number of sulfonamides is 1. The average molecular weight is 350 g/mol. The molecule has 0 aliphatic rings. The number of nitrogens with one attached hydrogen (secondary N) is 1. The summed E-state index contributed by atoms with van der Waals surface area (Å²) in [6.45, 7) is -0.558. The minimum atomic E-state index is -4.85. The fourth-order valence-corrected chi connectivity index (χ4v) is 2.74. The van der Waals surface area contributed by atoms with Crippen molar-refractivity contribution in [1.29, 1.82) is 0 Å². The number of carbonyl (C=O) groups is 1. The zero-order valence-electron chi connectivity index (χ0n) is 10.9. The molecule has 0 unspecified atom stereocenters. The lowest BCUT2D eigenvalue weighted by Gasteiger charge is -2.16. The molecule has 1 aromatic heterocycles. The predicted octanol–water partition coefficient (Wildman–Crippen LogP) is 1.68. The molecule has 0 aromatic carbocycles. The van der Waals surface area contributed by atoms with Gasteiger partial charge in [-0.25, -0.2) is 22.0 Å². The molecule has 0 fully saturated rings. The Hall–Kier alpha value is -1.69. The largest absolute Gasteiger partial charge is 0.477 e. The second-order valence-electron chi connectivity index (χ2n) is 4.29. The summed E-state index contributed by atoms with van der Waals surface area (Å²) >= 11 is 0. The van der Waals surface area contributed by atoms with Crippen LogP contribution in [0, 0.1) is 0 Å². The van der Waals surface area contributed by atoms with Gasteiger partial charge in [0, 0.05) is 6.20 Å². The summed E-state index contributed by atoms with van der Waals surface area (Å²) in [5.41, 5.74) is -0.777. The van der Waals surface area contributed by atoms with Crippen molar-refractivity contribution in [2.75, 3.05) is 0 Å². The van der Waals surface area contributed by atoms with Crippen molar-refractivity contribution in [3.63, 3.8) is 0 Å². The van der Waals surface area contributed by atoms with Gasteiger partial charge >= 0.3 is 12.1 Å². The lowest BCUT2D eigenvalue weighted by atomic mass is 10.4. The molecular formula is C10H11F5N2O4S. The van der Waals surface area contributed by atoms with Gasteiger partial charge in [0.1, 0.15) is 16.6 Å². The third-order valence-electron chi connectivity index (χ3n) is 2.56. The fraction of sp³-hybridized carbons (Fsp3) is 0.500. The first-order valence-electron chi connectivity index (χ1n) is 5.65. The van der Waals surface area contributed by atoms with E-state index in [4.69, 9.17) is 5.11 Å². The normalized spacial score (nSPS) is 14.3. The maximum absolute atomic E-state index is 12.4. The lowest BCUT2D eigenvalue weighted by molar-refractivity contribution is -0.147. The Labute approximate surface area is 121 Å². The predicted molar refractivity (Wildman–Crippen MR) is 63.2 cm³/mol. The number of carboxylic acids is 1. The molecule has 22 heavy (non-hydrogen) atoms. The number of hydrogen-bond acceptors (Lipinski definition) is 3. The molecular weight excluding hydrogens is 339 g/mol. The Morgan fingerprint density at radius 3 is 2.36 bits per heavy atom. The van der Waals surface area contributed by atoms with E-state index in [1.165, 1.54) is 4.72 Å². The Bertz CT molecular complexity index is 653. The first kappa shape index (κ1) is 18.4. The van der Waals surface area contributed by atoms with Crippen molar-refractivity contribution in [3.8, 4) is 0 Å². The van der Waals surface area contributed by atoms with Gasteiger partial charge in [-0.1, -0.05) is 0 Å². The van der Waals surface area contributed by atoms with Crippen molar-refractivity contribution in [1.82, 2.24) is 9.29 Å². The second-order valence-corrected chi connectivity index (χ2v) is 6.01. The number of halogens is 5. The quantitative estimate of drug-likeness (QED) is 0.764. The summed E-state index contributed by atoms with van der Waals surface area (Å²) in [7, 11) is -4.71. The maximum Gasteiger partial charge on any atom is 0.404 e. The number of nitrogens with zero attached hydrogens (tertiary/aromatic N) is 1. The molecule has 0 radical (unpaired) electrons. The highest BCUT2D eigenvalue weighted by molar-refractivity contribution is 7.89. The minimum absolute atomic E-state index is 0.444. The van der Waals surface area contributed by atoms with Crippen LogP contribution in [0.15, 0.2) is 17.2 Å². The topological polar surface area (TPSA) is 88.4 Å². The van der Waals surface area contributed by atoms with Gasteiger partial charge in [0.05, 0.1) is 6.54 Å². The molecule has 0 aliphatic heterocycles. The molecule has 2 N–H and O–H groups in total. The van der Waals surface area contributed by atoms with Crippen LogP contribution in [0.1, 0.15) is 17.4 Å². The first-order valence-corrected chi connectivity index (χ1v) is 7.13. The van der Waals surface area contributed by atoms with Crippen molar-refractivity contribution in [2.45, 2.75) is 37.0 Å². The molecule has 1 heterocycles. The summed E-state index contributed by atoms with van der Waals surface area (Å²) in [5, 5.41) is 8.81. The van der Waals surface area contributed by atoms with Crippen LogP contribution in [0.25, 0.3) is 0 Å². The molecule has 0 spiro atoms. The lowest BCUT2D eigenvalue weighted by Crippen LogP contribution is -2.42. The minimum Gasteiger partial charge on any atom is -0.477 e. The van der Waals surface area contributed by atoms with Crippen LogP contribution in [0.5, 0.6) is 0 Å². The average Bonchev–Trinajstić information content (AvgIpc) is 2.70. The Balaban J connectivity index is 3.18. The molecule has 0 amide bonds. The molecule has 0 saturated carbocycles. The summed E-state index contributed by atoms with van der Waals surface area (Å²) in [6, 6.07) is -1.92. The molecule has 0 aliphatic carbocycles. The number of alkyl halides is 5. The maximum atomic E-state index is 12.4. The number of carboxylic acid groups (broad SMARTS) is 1. The smallest absolute Gasteiger partial charge is 0.404 e. The van der Waals surface area contributed by atoms with Crippen molar-refractivity contribution < 1.29 is 40.3 Å². The molecule has 1 atom stereocenters. The zero-order valence-corrected chi connectivity index (χ0v) is 11.8. The highest BCUT2D eigenvalue weighted by Gasteiger charge is 2.39. The molecule has 126 valence electrons. The number of rotatable bonds is 6. The standard InChI is InChI=1S/C10H11F5N2O4S/c1-5(10(13,14)15)16-22(20,21)6-2-7(9(18)19)17(3-6)4-8(11)12/h2-3,5,8,16H,4H2,1H3,(H,18,19)/t5-/m1/s1. The van der Waals surface area contributed by atoms with Gasteiger partial charge in [-0.3, -0.25) is 0 Å². The van der Waals surface area contributed by atoms with Gasteiger partial charge in [-0.2, -0.15) is 17.9 Å². The highest BCUT2D eigenvalue weighted by atomic mass is 32.2. The van der Waals surface area contributed by atoms with E-state index in [1.807, 2.05) is 0 Å². The van der Waals surface area contributed by atoms with Crippen molar-refractivity contribution >= 4 is 16.0 Å². The van der Waals surface area contributed by atoms with E-state index in [0.29, 0.717) is 23.8 Å². The molecule has 1 rings (SSSR count). The van der Waals surface area contributed by atoms with Gasteiger partial charge in [-0.05, 0) is 13.0 Å². The van der Waals surface area contributed by atoms with Crippen LogP contribution in [0.4, 0.5) is 22.0 Å². The SMILES string of the molecule is C[C@@H](NS(=O)(=O)c1cc(C(=O)O)n(CC(F)F)c1)C(F)(F)F. The van der Waals surface area contributed by atoms with Crippen LogP contribution < -0.4 is 4.72 Å². The van der Waals surface area contributed by atoms with E-state index in [-0.39, 0.29) is 0 Å². The highest BCUT2D eigenvalue weighted by Crippen LogP contribution is 2.22. The Morgan fingerprint density at radius 1 is 1.41 bits per heavy atom. The molecule has 6 nitrogen and oxygen atoms in total. The van der Waals surface area contributed by atoms with Gasteiger partial charge in [0.15, 0.2) is 0 Å². The van der Waals surface area contributed by atoms with Crippen LogP contribution in [-0.4, -0.2) is 42.7 Å². The van der Waals surface area contributed by atoms with Gasteiger partial charge < -0.3 is 9.67 Å². The van der Waals surface area contributed by atoms with Crippen LogP contribution in [0.3, 0.4) is 0 Å². The second kappa shape index (κ2) is 6.20. The van der Waals surface area contributed by atoms with E-state index in [9.17, 15) is 35.2 Å². The summed E-state index contributed by atoms with van der Waals surface area (Å²) in [6.07, 6.45) is -7.28. The summed E-state index contributed by atoms with van der Waals surface area (Å²) in [4.78, 5) is 10.0.